The number of halogens is 2. The standard InChI is InChI=1S/C20H19Cl2NO2/c1-24-16-8-4-7-13(20(16)25-2)18-12-6-3-5-11(12)17-14(21)9-10-15(22)19(17)23-18/h3-5,7-12,18,23H,6H2,1-2H3/t11-,12-,18+/m0/s1. The molecule has 25 heavy (non-hydrogen) atoms. The summed E-state index contributed by atoms with van der Waals surface area (Å²) < 4.78 is 11.1. The van der Waals surface area contributed by atoms with Crippen LogP contribution in [0.15, 0.2) is 42.5 Å². The molecule has 2 aromatic carbocycles. The van der Waals surface area contributed by atoms with Gasteiger partial charge in [-0.05, 0) is 30.5 Å². The van der Waals surface area contributed by atoms with E-state index in [0.717, 1.165) is 39.8 Å². The van der Waals surface area contributed by atoms with E-state index in [1.807, 2.05) is 24.3 Å². The lowest BCUT2D eigenvalue weighted by Crippen LogP contribution is -2.30. The minimum atomic E-state index is 0.0634. The van der Waals surface area contributed by atoms with Crippen LogP contribution in [0.4, 0.5) is 5.69 Å². The molecule has 130 valence electrons. The fourth-order valence-electron chi connectivity index (χ4n) is 4.09. The molecular formula is C20H19Cl2NO2. The van der Waals surface area contributed by atoms with Gasteiger partial charge in [0.25, 0.3) is 0 Å². The van der Waals surface area contributed by atoms with Crippen LogP contribution in [0.1, 0.15) is 29.5 Å². The fourth-order valence-corrected chi connectivity index (χ4v) is 4.60. The molecule has 0 saturated carbocycles. The third-order valence-corrected chi connectivity index (χ3v) is 5.83. The molecular weight excluding hydrogens is 357 g/mol. The van der Waals surface area contributed by atoms with E-state index in [2.05, 4.69) is 23.5 Å². The first-order valence-electron chi connectivity index (χ1n) is 8.27. The molecule has 1 heterocycles. The van der Waals surface area contributed by atoms with E-state index in [0.29, 0.717) is 10.9 Å². The van der Waals surface area contributed by atoms with Crippen molar-refractivity contribution >= 4 is 28.9 Å². The minimum Gasteiger partial charge on any atom is -0.493 e. The number of fused-ring (bicyclic) bond motifs is 3. The molecule has 3 nitrogen and oxygen atoms in total. The lowest BCUT2D eigenvalue weighted by atomic mass is 9.76. The van der Waals surface area contributed by atoms with Gasteiger partial charge in [-0.2, -0.15) is 0 Å². The Bertz CT molecular complexity index is 850. The van der Waals surface area contributed by atoms with Crippen molar-refractivity contribution in [3.63, 3.8) is 0 Å². The highest BCUT2D eigenvalue weighted by Gasteiger charge is 2.41. The highest BCUT2D eigenvalue weighted by Crippen LogP contribution is 2.55. The van der Waals surface area contributed by atoms with E-state index in [1.54, 1.807) is 14.2 Å². The van der Waals surface area contributed by atoms with E-state index in [1.165, 1.54) is 0 Å². The van der Waals surface area contributed by atoms with E-state index in [-0.39, 0.29) is 12.0 Å². The first-order chi connectivity index (χ1) is 12.2. The Balaban J connectivity index is 1.87. The van der Waals surface area contributed by atoms with Gasteiger partial charge in [0.05, 0.1) is 31.0 Å². The van der Waals surface area contributed by atoms with Gasteiger partial charge >= 0.3 is 0 Å². The molecule has 4 rings (SSSR count). The molecule has 1 aliphatic carbocycles. The largest absolute Gasteiger partial charge is 0.493 e. The fraction of sp³-hybridized carbons (Fsp3) is 0.300. The molecule has 1 aliphatic heterocycles. The van der Waals surface area contributed by atoms with Crippen molar-refractivity contribution in [3.8, 4) is 11.5 Å². The zero-order valence-corrected chi connectivity index (χ0v) is 15.6. The van der Waals surface area contributed by atoms with Crippen molar-refractivity contribution in [3.05, 3.63) is 63.7 Å². The minimum absolute atomic E-state index is 0.0634. The number of anilines is 1. The summed E-state index contributed by atoms with van der Waals surface area (Å²) in [6, 6.07) is 9.76. The Kier molecular flexibility index (Phi) is 4.30. The first kappa shape index (κ1) is 16.6. The van der Waals surface area contributed by atoms with Gasteiger partial charge in [0, 0.05) is 22.1 Å². The van der Waals surface area contributed by atoms with Crippen LogP contribution >= 0.6 is 23.2 Å². The molecule has 0 aromatic heterocycles. The zero-order valence-electron chi connectivity index (χ0n) is 14.1. The quantitative estimate of drug-likeness (QED) is 0.683. The molecule has 1 N–H and O–H groups in total. The van der Waals surface area contributed by atoms with Gasteiger partial charge in [0.1, 0.15) is 0 Å². The molecule has 5 heteroatoms. The molecule has 0 amide bonds. The van der Waals surface area contributed by atoms with Crippen molar-refractivity contribution in [2.75, 3.05) is 19.5 Å². The summed E-state index contributed by atoms with van der Waals surface area (Å²) in [5, 5.41) is 5.07. The number of methoxy groups -OCH3 is 2. The van der Waals surface area contributed by atoms with E-state index >= 15 is 0 Å². The Morgan fingerprint density at radius 1 is 1.04 bits per heavy atom. The predicted molar refractivity (Wildman–Crippen MR) is 102 cm³/mol. The van der Waals surface area contributed by atoms with Crippen LogP contribution in [0.5, 0.6) is 11.5 Å². The van der Waals surface area contributed by atoms with Gasteiger partial charge in [-0.25, -0.2) is 0 Å². The molecule has 3 atom stereocenters. The number of hydrogen-bond acceptors (Lipinski definition) is 3. The summed E-state index contributed by atoms with van der Waals surface area (Å²) in [4.78, 5) is 0. The van der Waals surface area contributed by atoms with Crippen LogP contribution in [0.25, 0.3) is 0 Å². The smallest absolute Gasteiger partial charge is 0.165 e. The second-order valence-electron chi connectivity index (χ2n) is 6.38. The number of benzene rings is 2. The van der Waals surface area contributed by atoms with Crippen molar-refractivity contribution in [1.29, 1.82) is 0 Å². The Labute approximate surface area is 157 Å². The third kappa shape index (κ3) is 2.57. The molecule has 0 spiro atoms. The second kappa shape index (κ2) is 6.47. The SMILES string of the molecule is COc1cccc([C@@H]2Nc3c(Cl)ccc(Cl)c3[C@H]3C=CC[C@@H]32)c1OC. The predicted octanol–water partition coefficient (Wildman–Crippen LogP) is 5.84. The Hall–Kier alpha value is -1.84. The molecule has 0 fully saturated rings. The first-order valence-corrected chi connectivity index (χ1v) is 9.03. The highest BCUT2D eigenvalue weighted by atomic mass is 35.5. The van der Waals surface area contributed by atoms with Crippen LogP contribution < -0.4 is 14.8 Å². The summed E-state index contributed by atoms with van der Waals surface area (Å²) in [5.41, 5.74) is 3.07. The summed E-state index contributed by atoms with van der Waals surface area (Å²) in [6.45, 7) is 0. The van der Waals surface area contributed by atoms with Gasteiger partial charge < -0.3 is 14.8 Å². The highest BCUT2D eigenvalue weighted by molar-refractivity contribution is 6.36. The third-order valence-electron chi connectivity index (χ3n) is 5.18. The molecule has 2 aromatic rings. The van der Waals surface area contributed by atoms with E-state index < -0.39 is 0 Å². The van der Waals surface area contributed by atoms with Crippen LogP contribution in [0, 0.1) is 5.92 Å². The van der Waals surface area contributed by atoms with Crippen molar-refractivity contribution < 1.29 is 9.47 Å². The number of para-hydroxylation sites is 1. The van der Waals surface area contributed by atoms with Gasteiger partial charge in [-0.3, -0.25) is 0 Å². The van der Waals surface area contributed by atoms with E-state index in [4.69, 9.17) is 32.7 Å². The number of rotatable bonds is 3. The number of nitrogens with one attached hydrogen (secondary N) is 1. The van der Waals surface area contributed by atoms with Crippen LogP contribution in [0.2, 0.25) is 10.0 Å². The van der Waals surface area contributed by atoms with Gasteiger partial charge in [0.15, 0.2) is 11.5 Å². The number of ether oxygens (including phenoxy) is 2. The topological polar surface area (TPSA) is 30.5 Å². The monoisotopic (exact) mass is 375 g/mol. The van der Waals surface area contributed by atoms with Crippen LogP contribution in [0.3, 0.4) is 0 Å². The van der Waals surface area contributed by atoms with Gasteiger partial charge in [-0.15, -0.1) is 0 Å². The molecule has 0 bridgehead atoms. The van der Waals surface area contributed by atoms with Crippen molar-refractivity contribution in [2.45, 2.75) is 18.4 Å². The van der Waals surface area contributed by atoms with Crippen molar-refractivity contribution in [2.24, 2.45) is 5.92 Å². The molecule has 0 radical (unpaired) electrons. The van der Waals surface area contributed by atoms with Gasteiger partial charge in [-0.1, -0.05) is 47.5 Å². The Morgan fingerprint density at radius 3 is 2.60 bits per heavy atom. The Morgan fingerprint density at radius 2 is 1.84 bits per heavy atom. The normalized spacial score (nSPS) is 23.6. The molecule has 0 saturated heterocycles. The average molecular weight is 376 g/mol. The lowest BCUT2D eigenvalue weighted by molar-refractivity contribution is 0.341. The summed E-state index contributed by atoms with van der Waals surface area (Å²) >= 11 is 13.0. The number of allylic oxidation sites excluding steroid dienone is 2. The van der Waals surface area contributed by atoms with E-state index in [9.17, 15) is 0 Å². The maximum Gasteiger partial charge on any atom is 0.165 e. The van der Waals surface area contributed by atoms with Gasteiger partial charge in [0.2, 0.25) is 0 Å². The zero-order chi connectivity index (χ0) is 17.6. The number of hydrogen-bond donors (Lipinski definition) is 1. The average Bonchev–Trinajstić information content (AvgIpc) is 3.12. The van der Waals surface area contributed by atoms with Crippen LogP contribution in [-0.2, 0) is 0 Å². The maximum atomic E-state index is 6.50. The maximum absolute atomic E-state index is 6.50. The summed E-state index contributed by atoms with van der Waals surface area (Å²) in [5.74, 6) is 2.08. The second-order valence-corrected chi connectivity index (χ2v) is 7.19. The van der Waals surface area contributed by atoms with Crippen molar-refractivity contribution in [1.82, 2.24) is 0 Å². The molecule has 0 unspecified atom stereocenters. The molecule has 2 aliphatic rings. The van der Waals surface area contributed by atoms with Crippen LogP contribution in [-0.4, -0.2) is 14.2 Å². The summed E-state index contributed by atoms with van der Waals surface area (Å²) in [7, 11) is 3.33. The summed E-state index contributed by atoms with van der Waals surface area (Å²) in [6.07, 6.45) is 5.44. The lowest BCUT2D eigenvalue weighted by Gasteiger charge is -2.39.